The summed E-state index contributed by atoms with van der Waals surface area (Å²) in [6.07, 6.45) is 7.43. The number of benzene rings is 1. The van der Waals surface area contributed by atoms with Crippen LogP contribution in [0, 0.1) is 5.82 Å². The molecule has 3 heterocycles. The van der Waals surface area contributed by atoms with Crippen LogP contribution < -0.4 is 10.1 Å². The van der Waals surface area contributed by atoms with Gasteiger partial charge in [-0.1, -0.05) is 18.0 Å². The molecule has 10 nitrogen and oxygen atoms in total. The van der Waals surface area contributed by atoms with Crippen molar-refractivity contribution in [1.29, 1.82) is 0 Å². The maximum atomic E-state index is 14.8. The van der Waals surface area contributed by atoms with Gasteiger partial charge in [0.25, 0.3) is 5.91 Å². The molecule has 0 spiro atoms. The van der Waals surface area contributed by atoms with Crippen molar-refractivity contribution in [3.63, 3.8) is 0 Å². The van der Waals surface area contributed by atoms with Crippen molar-refractivity contribution in [3.05, 3.63) is 54.1 Å². The fraction of sp³-hybridized carbons (Fsp3) is 0.517. The Hall–Kier alpha value is -3.73. The normalized spacial score (nSPS) is 17.5. The number of halogens is 1. The van der Waals surface area contributed by atoms with Gasteiger partial charge in [-0.2, -0.15) is 4.98 Å². The standard InChI is InChI=1S/C29H36FN5O5/c1-20(31-27(36)25-9-4-17-39-25)29(37)35-14-5-12-34(15-16-35)13-6-18-38-22-10-11-23(24(30)19-22)26-32-28(40-33-26)21-7-2-3-8-21/h4,9-11,17,19-21H,2-3,5-8,12-16,18H2,1H3,(H,31,36)/t20-/m0/s1. The van der Waals surface area contributed by atoms with Crippen molar-refractivity contribution in [2.75, 3.05) is 39.3 Å². The van der Waals surface area contributed by atoms with Crippen LogP contribution in [0.1, 0.15) is 67.8 Å². The molecule has 5 rings (SSSR count). The fourth-order valence-electron chi connectivity index (χ4n) is 5.35. The lowest BCUT2D eigenvalue weighted by Crippen LogP contribution is -2.48. The first-order chi connectivity index (χ1) is 19.5. The van der Waals surface area contributed by atoms with Crippen molar-refractivity contribution in [2.45, 2.75) is 57.4 Å². The number of carbonyl (C=O) groups is 2. The van der Waals surface area contributed by atoms with Gasteiger partial charge in [-0.25, -0.2) is 4.39 Å². The third kappa shape index (κ3) is 6.88. The molecule has 1 saturated carbocycles. The van der Waals surface area contributed by atoms with Gasteiger partial charge in [-0.15, -0.1) is 0 Å². The maximum Gasteiger partial charge on any atom is 0.287 e. The van der Waals surface area contributed by atoms with Crippen molar-refractivity contribution in [3.8, 4) is 17.1 Å². The lowest BCUT2D eigenvalue weighted by molar-refractivity contribution is -0.132. The Kier molecular flexibility index (Phi) is 9.10. The van der Waals surface area contributed by atoms with E-state index in [2.05, 4.69) is 20.4 Å². The summed E-state index contributed by atoms with van der Waals surface area (Å²) < 4.78 is 31.1. The molecule has 11 heteroatoms. The Morgan fingerprint density at radius 3 is 2.77 bits per heavy atom. The summed E-state index contributed by atoms with van der Waals surface area (Å²) in [6, 6.07) is 7.28. The first-order valence-corrected chi connectivity index (χ1v) is 14.1. The van der Waals surface area contributed by atoms with E-state index in [1.54, 1.807) is 36.1 Å². The predicted octanol–water partition coefficient (Wildman–Crippen LogP) is 4.25. The summed E-state index contributed by atoms with van der Waals surface area (Å²) in [5, 5.41) is 6.69. The number of hydrogen-bond donors (Lipinski definition) is 1. The second-order valence-electron chi connectivity index (χ2n) is 10.5. The lowest BCUT2D eigenvalue weighted by atomic mass is 10.1. The summed E-state index contributed by atoms with van der Waals surface area (Å²) in [5.41, 5.74) is 0.305. The number of carbonyl (C=O) groups excluding carboxylic acids is 2. The molecule has 1 saturated heterocycles. The smallest absolute Gasteiger partial charge is 0.287 e. The quantitative estimate of drug-likeness (QED) is 0.371. The van der Waals surface area contributed by atoms with Crippen molar-refractivity contribution < 1.29 is 27.7 Å². The number of nitrogens with zero attached hydrogens (tertiary/aromatic N) is 4. The summed E-state index contributed by atoms with van der Waals surface area (Å²) in [5.74, 6) is 0.841. The largest absolute Gasteiger partial charge is 0.493 e. The van der Waals surface area contributed by atoms with E-state index in [1.807, 2.05) is 0 Å². The van der Waals surface area contributed by atoms with Crippen LogP contribution in [0.2, 0.25) is 0 Å². The molecular formula is C29H36FN5O5. The van der Waals surface area contributed by atoms with Gasteiger partial charge in [0.1, 0.15) is 17.6 Å². The predicted molar refractivity (Wildman–Crippen MR) is 144 cm³/mol. The molecule has 1 aromatic carbocycles. The molecule has 0 unspecified atom stereocenters. The third-order valence-electron chi connectivity index (χ3n) is 7.58. The van der Waals surface area contributed by atoms with E-state index in [4.69, 9.17) is 13.7 Å². The van der Waals surface area contributed by atoms with Gasteiger partial charge < -0.3 is 28.8 Å². The third-order valence-corrected chi connectivity index (χ3v) is 7.58. The van der Waals surface area contributed by atoms with E-state index in [1.165, 1.54) is 12.3 Å². The van der Waals surface area contributed by atoms with Gasteiger partial charge in [0.05, 0.1) is 18.4 Å². The minimum atomic E-state index is -0.640. The van der Waals surface area contributed by atoms with Crippen LogP contribution in [0.3, 0.4) is 0 Å². The zero-order chi connectivity index (χ0) is 27.9. The molecule has 2 amide bonds. The van der Waals surface area contributed by atoms with E-state index in [9.17, 15) is 14.0 Å². The molecule has 214 valence electrons. The molecule has 2 aromatic heterocycles. The van der Waals surface area contributed by atoms with Crippen molar-refractivity contribution in [1.82, 2.24) is 25.3 Å². The van der Waals surface area contributed by atoms with Gasteiger partial charge in [0.15, 0.2) is 5.76 Å². The average molecular weight is 554 g/mol. The summed E-state index contributed by atoms with van der Waals surface area (Å²) in [4.78, 5) is 33.6. The van der Waals surface area contributed by atoms with Gasteiger partial charge >= 0.3 is 0 Å². The molecule has 1 atom stereocenters. The Morgan fingerprint density at radius 2 is 2.00 bits per heavy atom. The Balaban J connectivity index is 1.03. The zero-order valence-corrected chi connectivity index (χ0v) is 22.8. The second-order valence-corrected chi connectivity index (χ2v) is 10.5. The molecule has 40 heavy (non-hydrogen) atoms. The monoisotopic (exact) mass is 553 g/mol. The number of aromatic nitrogens is 2. The average Bonchev–Trinajstić information content (AvgIpc) is 3.73. The van der Waals surface area contributed by atoms with E-state index in [0.29, 0.717) is 36.9 Å². The van der Waals surface area contributed by atoms with Crippen LogP contribution in [0.5, 0.6) is 5.75 Å². The lowest BCUT2D eigenvalue weighted by Gasteiger charge is -2.25. The SMILES string of the molecule is C[C@H](NC(=O)c1ccco1)C(=O)N1CCCN(CCCOc2ccc(-c3noc(C4CCCC4)n3)c(F)c2)CC1. The van der Waals surface area contributed by atoms with Crippen LogP contribution in [-0.4, -0.2) is 77.1 Å². The highest BCUT2D eigenvalue weighted by Gasteiger charge is 2.26. The summed E-state index contributed by atoms with van der Waals surface area (Å²) >= 11 is 0. The fourth-order valence-corrected chi connectivity index (χ4v) is 5.35. The van der Waals surface area contributed by atoms with E-state index in [0.717, 1.165) is 58.2 Å². The Labute approximate surface area is 232 Å². The Bertz CT molecular complexity index is 1270. The highest BCUT2D eigenvalue weighted by atomic mass is 19.1. The van der Waals surface area contributed by atoms with E-state index >= 15 is 0 Å². The minimum absolute atomic E-state index is 0.105. The molecule has 3 aromatic rings. The molecule has 0 radical (unpaired) electrons. The summed E-state index contributed by atoms with van der Waals surface area (Å²) in [7, 11) is 0. The first-order valence-electron chi connectivity index (χ1n) is 14.1. The van der Waals surface area contributed by atoms with Gasteiger partial charge in [0, 0.05) is 38.2 Å². The minimum Gasteiger partial charge on any atom is -0.493 e. The highest BCUT2D eigenvalue weighted by Crippen LogP contribution is 2.34. The highest BCUT2D eigenvalue weighted by molar-refractivity contribution is 5.95. The van der Waals surface area contributed by atoms with Gasteiger partial charge in [0.2, 0.25) is 17.6 Å². The van der Waals surface area contributed by atoms with E-state index in [-0.39, 0.29) is 23.4 Å². The summed E-state index contributed by atoms with van der Waals surface area (Å²) in [6.45, 7) is 5.78. The molecule has 1 aliphatic carbocycles. The van der Waals surface area contributed by atoms with Crippen molar-refractivity contribution >= 4 is 11.8 Å². The number of hydrogen-bond acceptors (Lipinski definition) is 8. The molecule has 1 aliphatic heterocycles. The Morgan fingerprint density at radius 1 is 1.15 bits per heavy atom. The second kappa shape index (κ2) is 13.1. The van der Waals surface area contributed by atoms with Crippen LogP contribution in [0.4, 0.5) is 4.39 Å². The first kappa shape index (κ1) is 27.8. The van der Waals surface area contributed by atoms with Gasteiger partial charge in [-0.05, 0) is 63.4 Å². The molecule has 1 N–H and O–H groups in total. The number of rotatable bonds is 10. The van der Waals surface area contributed by atoms with Crippen LogP contribution in [0.25, 0.3) is 11.4 Å². The van der Waals surface area contributed by atoms with E-state index < -0.39 is 17.8 Å². The molecule has 2 fully saturated rings. The maximum absolute atomic E-state index is 14.8. The molecule has 2 aliphatic rings. The number of nitrogens with one attached hydrogen (secondary N) is 1. The van der Waals surface area contributed by atoms with Gasteiger partial charge in [-0.3, -0.25) is 9.59 Å². The van der Waals surface area contributed by atoms with Crippen molar-refractivity contribution in [2.24, 2.45) is 0 Å². The number of amides is 2. The van der Waals surface area contributed by atoms with Crippen LogP contribution in [-0.2, 0) is 4.79 Å². The van der Waals surface area contributed by atoms with Crippen LogP contribution in [0.15, 0.2) is 45.5 Å². The number of furan rings is 1. The van der Waals surface area contributed by atoms with Crippen LogP contribution >= 0.6 is 0 Å². The topological polar surface area (TPSA) is 114 Å². The molecular weight excluding hydrogens is 517 g/mol. The molecule has 0 bridgehead atoms. The number of ether oxygens (including phenoxy) is 1. The zero-order valence-electron chi connectivity index (χ0n) is 22.8.